The maximum Gasteiger partial charge on any atom is 0.188 e. The van der Waals surface area contributed by atoms with Crippen molar-refractivity contribution in [3.63, 3.8) is 0 Å². The number of nitrogens with zero attached hydrogens (tertiary/aromatic N) is 1. The van der Waals surface area contributed by atoms with Crippen LogP contribution in [0.5, 0.6) is 0 Å². The molecule has 4 nitrogen and oxygen atoms in total. The standard InChI is InChI=1S/C16H27N3OS/c1-15(2)7-4-8-16(20,11-15)12-19-14(17)18-9-6-13-5-3-10-21-13/h3,5,10,20H,4,6-9,11-12H2,1-2H3,(H3,17,18,19). The molecular weight excluding hydrogens is 282 g/mol. The van der Waals surface area contributed by atoms with Crippen molar-refractivity contribution in [2.75, 3.05) is 13.1 Å². The van der Waals surface area contributed by atoms with Crippen molar-refractivity contribution in [3.05, 3.63) is 22.4 Å². The van der Waals surface area contributed by atoms with Crippen LogP contribution in [0, 0.1) is 5.41 Å². The summed E-state index contributed by atoms with van der Waals surface area (Å²) >= 11 is 1.75. The SMILES string of the molecule is CC1(C)CCCC(O)(CN=C(N)NCCc2cccs2)C1. The minimum atomic E-state index is -0.693. The van der Waals surface area contributed by atoms with Gasteiger partial charge in [0.1, 0.15) is 0 Å². The maximum absolute atomic E-state index is 10.6. The lowest BCUT2D eigenvalue weighted by molar-refractivity contribution is -0.0307. The Kier molecular flexibility index (Phi) is 5.27. The highest BCUT2D eigenvalue weighted by molar-refractivity contribution is 7.09. The second-order valence-electron chi connectivity index (χ2n) is 6.88. The van der Waals surface area contributed by atoms with Crippen LogP contribution in [-0.4, -0.2) is 29.8 Å². The van der Waals surface area contributed by atoms with Gasteiger partial charge < -0.3 is 16.2 Å². The van der Waals surface area contributed by atoms with Gasteiger partial charge in [-0.15, -0.1) is 11.3 Å². The van der Waals surface area contributed by atoms with Gasteiger partial charge in [0, 0.05) is 11.4 Å². The summed E-state index contributed by atoms with van der Waals surface area (Å²) in [6.07, 6.45) is 4.80. The largest absolute Gasteiger partial charge is 0.388 e. The van der Waals surface area contributed by atoms with E-state index in [-0.39, 0.29) is 5.41 Å². The number of hydrogen-bond acceptors (Lipinski definition) is 3. The summed E-state index contributed by atoms with van der Waals surface area (Å²) in [7, 11) is 0. The first-order valence-electron chi connectivity index (χ1n) is 7.67. The third kappa shape index (κ3) is 5.32. The first kappa shape index (κ1) is 16.3. The summed E-state index contributed by atoms with van der Waals surface area (Å²) in [5, 5.41) is 15.8. The average molecular weight is 309 g/mol. The van der Waals surface area contributed by atoms with Crippen molar-refractivity contribution in [1.29, 1.82) is 0 Å². The molecule has 0 spiro atoms. The smallest absolute Gasteiger partial charge is 0.188 e. The van der Waals surface area contributed by atoms with E-state index in [1.165, 1.54) is 11.3 Å². The summed E-state index contributed by atoms with van der Waals surface area (Å²) in [5.41, 5.74) is 5.39. The number of rotatable bonds is 5. The van der Waals surface area contributed by atoms with Crippen LogP contribution in [-0.2, 0) is 6.42 Å². The molecule has 2 rings (SSSR count). The van der Waals surface area contributed by atoms with Crippen LogP contribution < -0.4 is 11.1 Å². The molecule has 1 saturated carbocycles. The molecular formula is C16H27N3OS. The van der Waals surface area contributed by atoms with Crippen LogP contribution in [0.4, 0.5) is 0 Å². The zero-order valence-electron chi connectivity index (χ0n) is 13.1. The predicted molar refractivity (Wildman–Crippen MR) is 89.7 cm³/mol. The van der Waals surface area contributed by atoms with E-state index in [1.807, 2.05) is 0 Å². The molecule has 118 valence electrons. The van der Waals surface area contributed by atoms with Gasteiger partial charge in [0.05, 0.1) is 12.1 Å². The van der Waals surface area contributed by atoms with E-state index in [4.69, 9.17) is 5.73 Å². The Morgan fingerprint density at radius 3 is 2.95 bits per heavy atom. The molecule has 0 radical (unpaired) electrons. The van der Waals surface area contributed by atoms with Crippen LogP contribution in [0.2, 0.25) is 0 Å². The first-order chi connectivity index (χ1) is 9.89. The van der Waals surface area contributed by atoms with E-state index >= 15 is 0 Å². The van der Waals surface area contributed by atoms with E-state index < -0.39 is 5.60 Å². The lowest BCUT2D eigenvalue weighted by Crippen LogP contribution is -2.43. The summed E-state index contributed by atoms with van der Waals surface area (Å²) in [5.74, 6) is 0.434. The molecule has 0 aliphatic heterocycles. The third-order valence-electron chi connectivity index (χ3n) is 4.10. The molecule has 1 aromatic heterocycles. The molecule has 1 heterocycles. The number of aliphatic imine (C=N–C) groups is 1. The lowest BCUT2D eigenvalue weighted by atomic mass is 9.70. The molecule has 1 aromatic rings. The van der Waals surface area contributed by atoms with Crippen molar-refractivity contribution >= 4 is 17.3 Å². The summed E-state index contributed by atoms with van der Waals surface area (Å²) in [4.78, 5) is 5.68. The number of thiophene rings is 1. The average Bonchev–Trinajstić information content (AvgIpc) is 2.88. The Morgan fingerprint density at radius 1 is 1.48 bits per heavy atom. The fourth-order valence-corrected chi connectivity index (χ4v) is 3.86. The Bertz CT molecular complexity index is 470. The van der Waals surface area contributed by atoms with Crippen LogP contribution >= 0.6 is 11.3 Å². The molecule has 1 aliphatic rings. The molecule has 1 atom stereocenters. The Labute approximate surface area is 131 Å². The molecule has 1 fully saturated rings. The quantitative estimate of drug-likeness (QED) is 0.578. The normalized spacial score (nSPS) is 25.8. The number of nitrogens with one attached hydrogen (secondary N) is 1. The van der Waals surface area contributed by atoms with E-state index in [1.54, 1.807) is 11.3 Å². The number of nitrogens with two attached hydrogens (primary N) is 1. The molecule has 1 unspecified atom stereocenters. The number of guanidine groups is 1. The molecule has 5 heteroatoms. The van der Waals surface area contributed by atoms with E-state index in [0.717, 1.165) is 32.2 Å². The van der Waals surface area contributed by atoms with E-state index in [0.29, 0.717) is 12.5 Å². The van der Waals surface area contributed by atoms with Gasteiger partial charge in [-0.25, -0.2) is 0 Å². The van der Waals surface area contributed by atoms with Crippen molar-refractivity contribution in [2.24, 2.45) is 16.1 Å². The molecule has 21 heavy (non-hydrogen) atoms. The molecule has 0 bridgehead atoms. The fraction of sp³-hybridized carbons (Fsp3) is 0.688. The topological polar surface area (TPSA) is 70.6 Å². The third-order valence-corrected chi connectivity index (χ3v) is 5.04. The van der Waals surface area contributed by atoms with Gasteiger partial charge in [-0.2, -0.15) is 0 Å². The van der Waals surface area contributed by atoms with Gasteiger partial charge in [0.15, 0.2) is 5.96 Å². The summed E-state index contributed by atoms with van der Waals surface area (Å²) < 4.78 is 0. The van der Waals surface area contributed by atoms with Crippen LogP contribution in [0.3, 0.4) is 0 Å². The minimum absolute atomic E-state index is 0.198. The van der Waals surface area contributed by atoms with Gasteiger partial charge in [0.2, 0.25) is 0 Å². The van der Waals surface area contributed by atoms with Gasteiger partial charge in [-0.3, -0.25) is 4.99 Å². The van der Waals surface area contributed by atoms with Crippen LogP contribution in [0.1, 0.15) is 44.4 Å². The maximum atomic E-state index is 10.6. The molecule has 4 N–H and O–H groups in total. The summed E-state index contributed by atoms with van der Waals surface area (Å²) in [6, 6.07) is 4.17. The Morgan fingerprint density at radius 2 is 2.29 bits per heavy atom. The monoisotopic (exact) mass is 309 g/mol. The zero-order chi connectivity index (χ0) is 15.3. The second-order valence-corrected chi connectivity index (χ2v) is 7.91. The molecule has 0 amide bonds. The Hall–Kier alpha value is -1.07. The fourth-order valence-electron chi connectivity index (χ4n) is 3.16. The lowest BCUT2D eigenvalue weighted by Gasteiger charge is -2.40. The number of aliphatic hydroxyl groups is 1. The van der Waals surface area contributed by atoms with E-state index in [2.05, 4.69) is 41.7 Å². The highest BCUT2D eigenvalue weighted by Gasteiger charge is 2.38. The molecule has 1 aliphatic carbocycles. The van der Waals surface area contributed by atoms with Crippen molar-refractivity contribution < 1.29 is 5.11 Å². The van der Waals surface area contributed by atoms with Crippen molar-refractivity contribution in [2.45, 2.75) is 51.6 Å². The second kappa shape index (κ2) is 6.79. The first-order valence-corrected chi connectivity index (χ1v) is 8.55. The van der Waals surface area contributed by atoms with Crippen molar-refractivity contribution in [1.82, 2.24) is 5.32 Å². The van der Waals surface area contributed by atoms with Crippen molar-refractivity contribution in [3.8, 4) is 0 Å². The van der Waals surface area contributed by atoms with Gasteiger partial charge in [0.25, 0.3) is 0 Å². The predicted octanol–water partition coefficient (Wildman–Crippen LogP) is 2.53. The highest BCUT2D eigenvalue weighted by atomic mass is 32.1. The summed E-state index contributed by atoms with van der Waals surface area (Å²) in [6.45, 7) is 5.60. The molecule has 0 aromatic carbocycles. The van der Waals surface area contributed by atoms with Crippen LogP contribution in [0.15, 0.2) is 22.5 Å². The number of hydrogen-bond donors (Lipinski definition) is 3. The van der Waals surface area contributed by atoms with Crippen LogP contribution in [0.25, 0.3) is 0 Å². The minimum Gasteiger partial charge on any atom is -0.388 e. The van der Waals surface area contributed by atoms with E-state index in [9.17, 15) is 5.11 Å². The Balaban J connectivity index is 1.76. The van der Waals surface area contributed by atoms with Gasteiger partial charge in [-0.05, 0) is 49.0 Å². The highest BCUT2D eigenvalue weighted by Crippen LogP contribution is 2.40. The van der Waals surface area contributed by atoms with Gasteiger partial charge in [-0.1, -0.05) is 19.9 Å². The molecule has 0 saturated heterocycles. The van der Waals surface area contributed by atoms with Gasteiger partial charge >= 0.3 is 0 Å². The zero-order valence-corrected chi connectivity index (χ0v) is 13.9.